The Hall–Kier alpha value is -1.16. The van der Waals surface area contributed by atoms with Crippen LogP contribution >= 0.6 is 0 Å². The van der Waals surface area contributed by atoms with Gasteiger partial charge in [-0.2, -0.15) is 0 Å². The molecule has 0 aliphatic heterocycles. The Labute approximate surface area is 162 Å². The number of carbonyl (C=O) groups is 2. The number of rotatable bonds is 2. The van der Waals surface area contributed by atoms with Crippen molar-refractivity contribution in [2.75, 3.05) is 7.11 Å². The zero-order valence-electron chi connectivity index (χ0n) is 17.2. The van der Waals surface area contributed by atoms with Gasteiger partial charge in [-0.05, 0) is 74.2 Å². The van der Waals surface area contributed by atoms with Crippen molar-refractivity contribution in [3.05, 3.63) is 11.6 Å². The molecule has 2 unspecified atom stereocenters. The van der Waals surface area contributed by atoms with Crippen molar-refractivity contribution in [1.82, 2.24) is 0 Å². The fourth-order valence-corrected chi connectivity index (χ4v) is 7.71. The van der Waals surface area contributed by atoms with E-state index in [1.807, 2.05) is 13.0 Å². The summed E-state index contributed by atoms with van der Waals surface area (Å²) < 4.78 is 5.04. The predicted octanol–water partition coefficient (Wildman–Crippen LogP) is 4.06. The van der Waals surface area contributed by atoms with E-state index in [4.69, 9.17) is 4.74 Å². The first-order valence-electron chi connectivity index (χ1n) is 10.7. The Morgan fingerprint density at radius 2 is 1.89 bits per heavy atom. The molecular formula is C23H34O4. The predicted molar refractivity (Wildman–Crippen MR) is 103 cm³/mol. The minimum atomic E-state index is -0.717. The third-order valence-electron chi connectivity index (χ3n) is 9.40. The molecule has 7 atom stereocenters. The molecule has 0 heterocycles. The van der Waals surface area contributed by atoms with Crippen molar-refractivity contribution >= 4 is 11.8 Å². The third kappa shape index (κ3) is 2.44. The fraction of sp³-hybridized carbons (Fsp3) is 0.826. The van der Waals surface area contributed by atoms with Crippen LogP contribution in [-0.2, 0) is 14.3 Å². The largest absolute Gasteiger partial charge is 0.469 e. The molecule has 27 heavy (non-hydrogen) atoms. The molecule has 4 heteroatoms. The molecule has 3 saturated carbocycles. The van der Waals surface area contributed by atoms with Gasteiger partial charge in [0.15, 0.2) is 5.78 Å². The Morgan fingerprint density at radius 1 is 1.15 bits per heavy atom. The van der Waals surface area contributed by atoms with Gasteiger partial charge in [0.2, 0.25) is 0 Å². The van der Waals surface area contributed by atoms with E-state index >= 15 is 0 Å². The van der Waals surface area contributed by atoms with Crippen LogP contribution in [-0.4, -0.2) is 29.6 Å². The summed E-state index contributed by atoms with van der Waals surface area (Å²) >= 11 is 0. The molecule has 0 spiro atoms. The molecule has 4 nitrogen and oxygen atoms in total. The number of methoxy groups -OCH3 is 1. The second-order valence-electron chi connectivity index (χ2n) is 10.1. The van der Waals surface area contributed by atoms with Gasteiger partial charge in [0.05, 0.1) is 18.6 Å². The molecule has 0 saturated heterocycles. The molecule has 1 N–H and O–H groups in total. The summed E-state index contributed by atoms with van der Waals surface area (Å²) in [4.78, 5) is 24.2. The molecule has 0 amide bonds. The van der Waals surface area contributed by atoms with Gasteiger partial charge in [-0.1, -0.05) is 26.3 Å². The van der Waals surface area contributed by atoms with Gasteiger partial charge in [0.1, 0.15) is 0 Å². The molecule has 0 aromatic rings. The summed E-state index contributed by atoms with van der Waals surface area (Å²) in [6.45, 7) is 6.57. The molecular weight excluding hydrogens is 340 g/mol. The van der Waals surface area contributed by atoms with Crippen molar-refractivity contribution in [1.29, 1.82) is 0 Å². The number of ketones is 1. The van der Waals surface area contributed by atoms with Crippen LogP contribution in [0.5, 0.6) is 0 Å². The molecule has 4 aliphatic rings. The van der Waals surface area contributed by atoms with Gasteiger partial charge in [-0.3, -0.25) is 9.59 Å². The lowest BCUT2D eigenvalue weighted by atomic mass is 9.44. The minimum absolute atomic E-state index is 0.0851. The SMILES string of the molecule is COC(=O)[C@@H](C)[C@H]1CCC2C3CCC4=CC(=O)CC[C@]4(C)[C@@]3(O)CC[C@@]21C. The molecule has 4 rings (SSSR count). The van der Waals surface area contributed by atoms with Gasteiger partial charge in [0, 0.05) is 11.8 Å². The van der Waals surface area contributed by atoms with Gasteiger partial charge >= 0.3 is 5.97 Å². The Bertz CT molecular complexity index is 696. The van der Waals surface area contributed by atoms with Crippen molar-refractivity contribution in [3.63, 3.8) is 0 Å². The van der Waals surface area contributed by atoms with Crippen LogP contribution in [0.2, 0.25) is 0 Å². The first-order chi connectivity index (χ1) is 12.7. The average molecular weight is 375 g/mol. The number of hydrogen-bond acceptors (Lipinski definition) is 4. The van der Waals surface area contributed by atoms with E-state index in [2.05, 4.69) is 13.8 Å². The summed E-state index contributed by atoms with van der Waals surface area (Å²) in [6.07, 6.45) is 8.91. The highest BCUT2D eigenvalue weighted by molar-refractivity contribution is 5.91. The highest BCUT2D eigenvalue weighted by atomic mass is 16.5. The number of carbonyl (C=O) groups excluding carboxylic acids is 2. The average Bonchev–Trinajstić information content (AvgIpc) is 2.99. The van der Waals surface area contributed by atoms with Crippen molar-refractivity contribution in [2.45, 2.75) is 77.7 Å². The number of ether oxygens (including phenoxy) is 1. The Kier molecular flexibility index (Phi) is 4.38. The molecule has 150 valence electrons. The highest BCUT2D eigenvalue weighted by Crippen LogP contribution is 2.68. The first-order valence-corrected chi connectivity index (χ1v) is 10.7. The maximum atomic E-state index is 12.2. The number of hydrogen-bond donors (Lipinski definition) is 1. The summed E-state index contributed by atoms with van der Waals surface area (Å²) in [6, 6.07) is 0. The summed E-state index contributed by atoms with van der Waals surface area (Å²) in [5.41, 5.74) is 0.286. The molecule has 0 aromatic heterocycles. The second-order valence-corrected chi connectivity index (χ2v) is 10.1. The topological polar surface area (TPSA) is 63.6 Å². The van der Waals surface area contributed by atoms with Crippen molar-refractivity contribution < 1.29 is 19.4 Å². The van der Waals surface area contributed by atoms with E-state index in [-0.39, 0.29) is 34.4 Å². The molecule has 0 bridgehead atoms. The van der Waals surface area contributed by atoms with E-state index in [9.17, 15) is 14.7 Å². The second kappa shape index (κ2) is 6.17. The van der Waals surface area contributed by atoms with E-state index in [0.717, 1.165) is 44.9 Å². The van der Waals surface area contributed by atoms with E-state index in [1.54, 1.807) is 0 Å². The number of aliphatic hydroxyl groups is 1. The lowest BCUT2D eigenvalue weighted by Crippen LogP contribution is -2.63. The summed E-state index contributed by atoms with van der Waals surface area (Å²) in [7, 11) is 1.48. The zero-order chi connectivity index (χ0) is 19.6. The van der Waals surface area contributed by atoms with Crippen LogP contribution in [0.1, 0.15) is 72.1 Å². The minimum Gasteiger partial charge on any atom is -0.469 e. The van der Waals surface area contributed by atoms with Gasteiger partial charge in [-0.25, -0.2) is 0 Å². The number of fused-ring (bicyclic) bond motifs is 5. The monoisotopic (exact) mass is 374 g/mol. The van der Waals surface area contributed by atoms with Crippen molar-refractivity contribution in [3.8, 4) is 0 Å². The quantitative estimate of drug-likeness (QED) is 0.741. The fourth-order valence-electron chi connectivity index (χ4n) is 7.71. The zero-order valence-corrected chi connectivity index (χ0v) is 17.2. The first kappa shape index (κ1) is 19.2. The Morgan fingerprint density at radius 3 is 2.59 bits per heavy atom. The normalized spacial score (nSPS) is 47.4. The van der Waals surface area contributed by atoms with E-state index in [1.165, 1.54) is 12.7 Å². The highest BCUT2D eigenvalue weighted by Gasteiger charge is 2.66. The Balaban J connectivity index is 1.67. The van der Waals surface area contributed by atoms with Crippen LogP contribution in [0.4, 0.5) is 0 Å². The van der Waals surface area contributed by atoms with E-state index in [0.29, 0.717) is 18.3 Å². The van der Waals surface area contributed by atoms with Crippen LogP contribution in [0.25, 0.3) is 0 Å². The van der Waals surface area contributed by atoms with Crippen LogP contribution in [0.15, 0.2) is 11.6 Å². The standard InChI is InChI=1S/C23H34O4/c1-14(20(25)27-4)17-7-8-18-19-6-5-15-13-16(24)9-10-22(15,3)23(19,26)12-11-21(17,18)2/h13-14,17-19,26H,5-12H2,1-4H3/t14-,17+,18?,19?,21+,22-,23+/m0/s1. The molecule has 3 fully saturated rings. The third-order valence-corrected chi connectivity index (χ3v) is 9.40. The van der Waals surface area contributed by atoms with Gasteiger partial charge in [0.25, 0.3) is 0 Å². The van der Waals surface area contributed by atoms with Gasteiger partial charge < -0.3 is 9.84 Å². The lowest BCUT2D eigenvalue weighted by Gasteiger charge is -2.63. The van der Waals surface area contributed by atoms with Gasteiger partial charge in [-0.15, -0.1) is 0 Å². The van der Waals surface area contributed by atoms with Crippen LogP contribution in [0.3, 0.4) is 0 Å². The number of esters is 1. The lowest BCUT2D eigenvalue weighted by molar-refractivity contribution is -0.194. The van der Waals surface area contributed by atoms with Crippen LogP contribution in [0, 0.1) is 34.5 Å². The smallest absolute Gasteiger partial charge is 0.308 e. The summed E-state index contributed by atoms with van der Waals surface area (Å²) in [5, 5.41) is 12.0. The van der Waals surface area contributed by atoms with Crippen LogP contribution < -0.4 is 0 Å². The molecule has 4 aliphatic carbocycles. The van der Waals surface area contributed by atoms with E-state index < -0.39 is 5.60 Å². The van der Waals surface area contributed by atoms with Crippen molar-refractivity contribution in [2.24, 2.45) is 34.5 Å². The molecule has 0 radical (unpaired) electrons. The summed E-state index contributed by atoms with van der Waals surface area (Å²) in [5.74, 6) is 1.08. The molecule has 0 aromatic carbocycles. The maximum absolute atomic E-state index is 12.2. The maximum Gasteiger partial charge on any atom is 0.308 e.